The first-order valence-electron chi connectivity index (χ1n) is 5.94. The van der Waals surface area contributed by atoms with Crippen LogP contribution in [-0.2, 0) is 16.1 Å². The van der Waals surface area contributed by atoms with Gasteiger partial charge >= 0.3 is 0 Å². The molecule has 0 atom stereocenters. The van der Waals surface area contributed by atoms with Crippen LogP contribution in [0.25, 0.3) is 10.2 Å². The molecule has 0 saturated carbocycles. The second-order valence-electron chi connectivity index (χ2n) is 4.07. The largest absolute Gasteiger partial charge is 0.305 e. The summed E-state index contributed by atoms with van der Waals surface area (Å²) in [6, 6.07) is 5.81. The number of benzene rings is 1. The Morgan fingerprint density at radius 3 is 2.95 bits per heavy atom. The van der Waals surface area contributed by atoms with Crippen LogP contribution in [0.4, 0.5) is 0 Å². The molecule has 0 aliphatic carbocycles. The van der Waals surface area contributed by atoms with Crippen molar-refractivity contribution in [2.24, 2.45) is 4.99 Å². The predicted octanol–water partition coefficient (Wildman–Crippen LogP) is 2.81. The van der Waals surface area contributed by atoms with Gasteiger partial charge in [0.1, 0.15) is 0 Å². The summed E-state index contributed by atoms with van der Waals surface area (Å²) in [5.41, 5.74) is 0.937. The highest BCUT2D eigenvalue weighted by Gasteiger charge is 2.08. The van der Waals surface area contributed by atoms with Crippen LogP contribution in [0, 0.1) is 12.3 Å². The molecule has 0 unspecified atom stereocenters. The summed E-state index contributed by atoms with van der Waals surface area (Å²) in [5.74, 6) is 2.27. The predicted molar refractivity (Wildman–Crippen MR) is 90.1 cm³/mol. The molecular weight excluding hydrogens is 372 g/mol. The molecule has 0 aliphatic rings. The van der Waals surface area contributed by atoms with Gasteiger partial charge in [0.15, 0.2) is 9.92 Å². The molecule has 0 aliphatic heterocycles. The molecule has 4 nitrogen and oxygen atoms in total. The number of hydrogen-bond donors (Lipinski definition) is 0. The van der Waals surface area contributed by atoms with E-state index in [9.17, 15) is 9.59 Å². The first-order chi connectivity index (χ1) is 10.0. The summed E-state index contributed by atoms with van der Waals surface area (Å²) in [6.45, 7) is 1.76. The molecule has 0 radical (unpaired) electrons. The number of thiazole rings is 1. The number of rotatable bonds is 3. The molecule has 0 saturated heterocycles. The number of terminal acetylenes is 1. The third kappa shape index (κ3) is 4.06. The number of thioether (sulfide) groups is 1. The fraction of sp³-hybridized carbons (Fsp3) is 0.214. The van der Waals surface area contributed by atoms with Crippen molar-refractivity contribution in [3.63, 3.8) is 0 Å². The van der Waals surface area contributed by atoms with Gasteiger partial charge in [0.25, 0.3) is 5.91 Å². The number of amides is 1. The number of fused-ring (bicyclic) bond motifs is 1. The number of hydrogen-bond acceptors (Lipinski definition) is 4. The minimum atomic E-state index is -0.341. The summed E-state index contributed by atoms with van der Waals surface area (Å²) in [6.07, 6.45) is 5.39. The van der Waals surface area contributed by atoms with Gasteiger partial charge in [-0.3, -0.25) is 9.59 Å². The molecule has 0 bridgehead atoms. The van der Waals surface area contributed by atoms with E-state index in [0.29, 0.717) is 11.3 Å². The minimum absolute atomic E-state index is 0.0450. The van der Waals surface area contributed by atoms with Crippen molar-refractivity contribution >= 4 is 60.3 Å². The first-order valence-corrected chi connectivity index (χ1v) is 8.54. The van der Waals surface area contributed by atoms with Crippen molar-refractivity contribution in [2.45, 2.75) is 13.5 Å². The second-order valence-corrected chi connectivity index (χ2v) is 7.15. The average Bonchev–Trinajstić information content (AvgIpc) is 2.74. The zero-order valence-corrected chi connectivity index (χ0v) is 14.3. The van der Waals surface area contributed by atoms with Gasteiger partial charge in [-0.25, -0.2) is 0 Å². The van der Waals surface area contributed by atoms with E-state index < -0.39 is 0 Å². The smallest absolute Gasteiger partial charge is 0.258 e. The first kappa shape index (κ1) is 16.0. The summed E-state index contributed by atoms with van der Waals surface area (Å²) in [4.78, 5) is 27.3. The maximum Gasteiger partial charge on any atom is 0.258 e. The Morgan fingerprint density at radius 1 is 1.52 bits per heavy atom. The molecule has 2 rings (SSSR count). The lowest BCUT2D eigenvalue weighted by atomic mass is 10.3. The van der Waals surface area contributed by atoms with Crippen LogP contribution < -0.4 is 4.80 Å². The fourth-order valence-electron chi connectivity index (χ4n) is 1.68. The maximum absolute atomic E-state index is 11.8. The molecule has 1 aromatic heterocycles. The van der Waals surface area contributed by atoms with Crippen LogP contribution in [0.2, 0.25) is 0 Å². The van der Waals surface area contributed by atoms with E-state index in [-0.39, 0.29) is 16.8 Å². The van der Waals surface area contributed by atoms with Gasteiger partial charge in [-0.15, -0.1) is 6.42 Å². The summed E-state index contributed by atoms with van der Waals surface area (Å²) < 4.78 is 3.77. The quantitative estimate of drug-likeness (QED) is 0.766. The molecule has 0 spiro atoms. The Labute approximate surface area is 138 Å². The Bertz CT molecular complexity index is 814. The Balaban J connectivity index is 2.47. The molecule has 1 amide bonds. The molecule has 108 valence electrons. The molecular formula is C14H11BrN2O2S2. The summed E-state index contributed by atoms with van der Waals surface area (Å²) in [5, 5.41) is -0.102. The topological polar surface area (TPSA) is 51.4 Å². The van der Waals surface area contributed by atoms with Gasteiger partial charge in [0, 0.05) is 11.4 Å². The van der Waals surface area contributed by atoms with E-state index in [0.717, 1.165) is 26.5 Å². The number of carbonyl (C=O) groups is 2. The molecule has 7 heteroatoms. The third-order valence-electron chi connectivity index (χ3n) is 2.51. The van der Waals surface area contributed by atoms with Crippen LogP contribution in [0.15, 0.2) is 27.7 Å². The van der Waals surface area contributed by atoms with Crippen molar-refractivity contribution in [2.75, 3.05) is 5.75 Å². The monoisotopic (exact) mass is 382 g/mol. The van der Waals surface area contributed by atoms with Crippen LogP contribution in [0.1, 0.15) is 6.92 Å². The number of nitrogens with zero attached hydrogens (tertiary/aromatic N) is 2. The maximum atomic E-state index is 11.8. The molecule has 2 aromatic rings. The van der Waals surface area contributed by atoms with Crippen LogP contribution >= 0.6 is 39.0 Å². The zero-order chi connectivity index (χ0) is 15.4. The van der Waals surface area contributed by atoms with Gasteiger partial charge in [0.2, 0.25) is 0 Å². The van der Waals surface area contributed by atoms with E-state index >= 15 is 0 Å². The lowest BCUT2D eigenvalue weighted by Crippen LogP contribution is -2.17. The highest BCUT2D eigenvalue weighted by atomic mass is 79.9. The molecule has 0 fully saturated rings. The highest BCUT2D eigenvalue weighted by molar-refractivity contribution is 9.10. The molecule has 1 heterocycles. The second kappa shape index (κ2) is 7.07. The van der Waals surface area contributed by atoms with E-state index in [1.54, 1.807) is 0 Å². The van der Waals surface area contributed by atoms with Gasteiger partial charge < -0.3 is 4.57 Å². The van der Waals surface area contributed by atoms with E-state index in [4.69, 9.17) is 6.42 Å². The van der Waals surface area contributed by atoms with Gasteiger partial charge in [-0.05, 0) is 18.2 Å². The van der Waals surface area contributed by atoms with E-state index in [1.807, 2.05) is 22.8 Å². The third-order valence-corrected chi connectivity index (χ3v) is 4.85. The summed E-state index contributed by atoms with van der Waals surface area (Å²) >= 11 is 5.76. The van der Waals surface area contributed by atoms with Crippen LogP contribution in [0.3, 0.4) is 0 Å². The molecule has 0 N–H and O–H groups in total. The Morgan fingerprint density at radius 2 is 2.29 bits per heavy atom. The van der Waals surface area contributed by atoms with Crippen molar-refractivity contribution in [3.05, 3.63) is 27.5 Å². The van der Waals surface area contributed by atoms with Gasteiger partial charge in [-0.1, -0.05) is 44.9 Å². The van der Waals surface area contributed by atoms with Crippen LogP contribution in [0.5, 0.6) is 0 Å². The van der Waals surface area contributed by atoms with Crippen molar-refractivity contribution in [3.8, 4) is 12.3 Å². The van der Waals surface area contributed by atoms with Crippen molar-refractivity contribution in [1.29, 1.82) is 0 Å². The normalized spacial score (nSPS) is 11.6. The van der Waals surface area contributed by atoms with E-state index in [2.05, 4.69) is 26.8 Å². The minimum Gasteiger partial charge on any atom is -0.305 e. The number of aromatic nitrogens is 1. The number of carbonyl (C=O) groups excluding carboxylic acids is 2. The van der Waals surface area contributed by atoms with Crippen LogP contribution in [-0.4, -0.2) is 21.3 Å². The average molecular weight is 383 g/mol. The summed E-state index contributed by atoms with van der Waals surface area (Å²) in [7, 11) is 0. The highest BCUT2D eigenvalue weighted by Crippen LogP contribution is 2.22. The van der Waals surface area contributed by atoms with Gasteiger partial charge in [0.05, 0.1) is 22.5 Å². The molecule has 1 aromatic carbocycles. The Kier molecular flexibility index (Phi) is 5.39. The SMILES string of the molecule is C#CCn1c(=NC(=O)CSC(C)=O)sc2cc(Br)ccc21. The van der Waals surface area contributed by atoms with Crippen molar-refractivity contribution < 1.29 is 9.59 Å². The lowest BCUT2D eigenvalue weighted by Gasteiger charge is -1.99. The molecule has 21 heavy (non-hydrogen) atoms. The number of halogens is 1. The zero-order valence-electron chi connectivity index (χ0n) is 11.1. The fourth-order valence-corrected chi connectivity index (χ4v) is 3.67. The van der Waals surface area contributed by atoms with E-state index in [1.165, 1.54) is 18.3 Å². The Hall–Kier alpha value is -1.36. The lowest BCUT2D eigenvalue weighted by molar-refractivity contribution is -0.116. The standard InChI is InChI=1S/C14H11BrN2O2S2/c1-3-6-17-11-5-4-10(15)7-12(11)21-14(17)16-13(19)8-20-9(2)18/h1,4-5,7H,6,8H2,2H3. The van der Waals surface area contributed by atoms with Gasteiger partial charge in [-0.2, -0.15) is 4.99 Å². The van der Waals surface area contributed by atoms with Crippen molar-refractivity contribution in [1.82, 2.24) is 4.57 Å².